The number of hydrogen-bond donors (Lipinski definition) is 2. The number of nitrogens with one attached hydrogen (secondary N) is 2. The van der Waals surface area contributed by atoms with Gasteiger partial charge >= 0.3 is 0 Å². The van der Waals surface area contributed by atoms with Gasteiger partial charge in [0.2, 0.25) is 0 Å². The SMILES string of the molecule is O=C1NC[C@@H]2CNCC2c2ccc(C3=CCOCC3)cc21. The molecule has 3 aliphatic rings. The number of ether oxygens (including phenoxy) is 1. The number of rotatable bonds is 1. The molecular formula is C17H20N2O2. The lowest BCUT2D eigenvalue weighted by Crippen LogP contribution is -2.28. The van der Waals surface area contributed by atoms with Crippen LogP contribution in [0.5, 0.6) is 0 Å². The smallest absolute Gasteiger partial charge is 0.251 e. The van der Waals surface area contributed by atoms with Gasteiger partial charge in [0.1, 0.15) is 0 Å². The molecule has 110 valence electrons. The maximum atomic E-state index is 12.4. The summed E-state index contributed by atoms with van der Waals surface area (Å²) in [6, 6.07) is 6.41. The fourth-order valence-corrected chi connectivity index (χ4v) is 3.70. The van der Waals surface area contributed by atoms with Crippen molar-refractivity contribution in [3.05, 3.63) is 41.0 Å². The molecule has 1 saturated heterocycles. The van der Waals surface area contributed by atoms with Crippen LogP contribution < -0.4 is 10.6 Å². The van der Waals surface area contributed by atoms with Gasteiger partial charge < -0.3 is 15.4 Å². The molecule has 1 fully saturated rings. The van der Waals surface area contributed by atoms with Crippen molar-refractivity contribution in [2.75, 3.05) is 32.8 Å². The second kappa shape index (κ2) is 5.28. The largest absolute Gasteiger partial charge is 0.377 e. The predicted octanol–water partition coefficient (Wildman–Crippen LogP) is 1.54. The Labute approximate surface area is 124 Å². The zero-order chi connectivity index (χ0) is 14.2. The highest BCUT2D eigenvalue weighted by molar-refractivity contribution is 5.97. The van der Waals surface area contributed by atoms with Crippen molar-refractivity contribution >= 4 is 11.5 Å². The van der Waals surface area contributed by atoms with Crippen molar-refractivity contribution in [2.24, 2.45) is 5.92 Å². The first-order valence-electron chi connectivity index (χ1n) is 7.73. The first-order valence-corrected chi connectivity index (χ1v) is 7.73. The molecule has 2 N–H and O–H groups in total. The van der Waals surface area contributed by atoms with E-state index in [9.17, 15) is 4.79 Å². The van der Waals surface area contributed by atoms with Crippen LogP contribution in [0.2, 0.25) is 0 Å². The Kier molecular flexibility index (Phi) is 3.28. The fourth-order valence-electron chi connectivity index (χ4n) is 3.70. The first kappa shape index (κ1) is 13.0. The Morgan fingerprint density at radius 1 is 1.19 bits per heavy atom. The van der Waals surface area contributed by atoms with Gasteiger partial charge in [0, 0.05) is 31.1 Å². The summed E-state index contributed by atoms with van der Waals surface area (Å²) in [6.07, 6.45) is 3.05. The molecule has 1 aromatic rings. The summed E-state index contributed by atoms with van der Waals surface area (Å²) in [4.78, 5) is 12.4. The summed E-state index contributed by atoms with van der Waals surface area (Å²) < 4.78 is 5.37. The van der Waals surface area contributed by atoms with Gasteiger partial charge in [0.05, 0.1) is 13.2 Å². The second-order valence-corrected chi connectivity index (χ2v) is 6.09. The van der Waals surface area contributed by atoms with Crippen LogP contribution >= 0.6 is 0 Å². The lowest BCUT2D eigenvalue weighted by atomic mass is 9.85. The van der Waals surface area contributed by atoms with E-state index < -0.39 is 0 Å². The predicted molar refractivity (Wildman–Crippen MR) is 81.3 cm³/mol. The second-order valence-electron chi connectivity index (χ2n) is 6.09. The third kappa shape index (κ3) is 2.28. The minimum absolute atomic E-state index is 0.0777. The molecule has 0 saturated carbocycles. The summed E-state index contributed by atoms with van der Waals surface area (Å²) >= 11 is 0. The van der Waals surface area contributed by atoms with Crippen molar-refractivity contribution in [2.45, 2.75) is 12.3 Å². The van der Waals surface area contributed by atoms with Crippen LogP contribution in [0.25, 0.3) is 5.57 Å². The molecule has 21 heavy (non-hydrogen) atoms. The van der Waals surface area contributed by atoms with Gasteiger partial charge in [-0.2, -0.15) is 0 Å². The molecule has 4 rings (SSSR count). The number of carbonyl (C=O) groups excluding carboxylic acids is 1. The molecular weight excluding hydrogens is 264 g/mol. The average Bonchev–Trinajstić information content (AvgIpc) is 2.96. The zero-order valence-electron chi connectivity index (χ0n) is 12.0. The van der Waals surface area contributed by atoms with Crippen LogP contribution in [0.15, 0.2) is 24.3 Å². The van der Waals surface area contributed by atoms with E-state index in [-0.39, 0.29) is 5.91 Å². The minimum Gasteiger partial charge on any atom is -0.377 e. The van der Waals surface area contributed by atoms with Crippen molar-refractivity contribution in [3.8, 4) is 0 Å². The standard InChI is InChI=1S/C17H20N2O2/c20-17-15-7-12(11-3-5-21-6-4-11)1-2-14(15)16-10-18-8-13(16)9-19-17/h1-3,7,13,16,18H,4-6,8-10H2,(H,19,20)/t13-,16?/m0/s1. The molecule has 1 unspecified atom stereocenters. The van der Waals surface area contributed by atoms with Gasteiger partial charge in [-0.25, -0.2) is 0 Å². The Morgan fingerprint density at radius 2 is 2.14 bits per heavy atom. The highest BCUT2D eigenvalue weighted by Crippen LogP contribution is 2.34. The van der Waals surface area contributed by atoms with Crippen molar-refractivity contribution in [3.63, 3.8) is 0 Å². The monoisotopic (exact) mass is 284 g/mol. The Bertz CT molecular complexity index is 609. The maximum absolute atomic E-state index is 12.4. The van der Waals surface area contributed by atoms with E-state index in [4.69, 9.17) is 4.74 Å². The first-order chi connectivity index (χ1) is 10.3. The van der Waals surface area contributed by atoms with E-state index >= 15 is 0 Å². The summed E-state index contributed by atoms with van der Waals surface area (Å²) in [5.74, 6) is 1.05. The van der Waals surface area contributed by atoms with E-state index in [1.165, 1.54) is 11.1 Å². The normalized spacial score (nSPS) is 28.2. The summed E-state index contributed by atoms with van der Waals surface area (Å²) in [7, 11) is 0. The molecule has 3 heterocycles. The van der Waals surface area contributed by atoms with Crippen molar-refractivity contribution in [1.29, 1.82) is 0 Å². The number of benzene rings is 1. The third-order valence-electron chi connectivity index (χ3n) is 4.90. The summed E-state index contributed by atoms with van der Waals surface area (Å²) in [6.45, 7) is 4.19. The van der Waals surface area contributed by atoms with E-state index in [0.29, 0.717) is 18.4 Å². The van der Waals surface area contributed by atoms with Crippen LogP contribution in [0.3, 0.4) is 0 Å². The number of hydrogen-bond acceptors (Lipinski definition) is 3. The topological polar surface area (TPSA) is 50.4 Å². The van der Waals surface area contributed by atoms with Gasteiger partial charge in [0.15, 0.2) is 0 Å². The molecule has 1 amide bonds. The van der Waals surface area contributed by atoms with Gasteiger partial charge in [-0.3, -0.25) is 4.79 Å². The van der Waals surface area contributed by atoms with Gasteiger partial charge in [-0.1, -0.05) is 18.2 Å². The lowest BCUT2D eigenvalue weighted by Gasteiger charge is -2.18. The number of carbonyl (C=O) groups is 1. The number of fused-ring (bicyclic) bond motifs is 3. The molecule has 0 radical (unpaired) electrons. The molecule has 0 aliphatic carbocycles. The molecule has 2 atom stereocenters. The zero-order valence-corrected chi connectivity index (χ0v) is 12.0. The molecule has 1 aromatic carbocycles. The average molecular weight is 284 g/mol. The highest BCUT2D eigenvalue weighted by atomic mass is 16.5. The number of amides is 1. The minimum atomic E-state index is 0.0777. The van der Waals surface area contributed by atoms with Crippen LogP contribution in [0, 0.1) is 5.92 Å². The molecule has 0 aromatic heterocycles. The Balaban J connectivity index is 1.76. The maximum Gasteiger partial charge on any atom is 0.251 e. The van der Waals surface area contributed by atoms with Gasteiger partial charge in [-0.15, -0.1) is 0 Å². The summed E-state index contributed by atoms with van der Waals surface area (Å²) in [5.41, 5.74) is 4.52. The van der Waals surface area contributed by atoms with Crippen LogP contribution in [-0.2, 0) is 4.74 Å². The quantitative estimate of drug-likeness (QED) is 0.822. The molecule has 0 spiro atoms. The van der Waals surface area contributed by atoms with Crippen LogP contribution in [0.4, 0.5) is 0 Å². The lowest BCUT2D eigenvalue weighted by molar-refractivity contribution is 0.0952. The van der Waals surface area contributed by atoms with Crippen molar-refractivity contribution in [1.82, 2.24) is 10.6 Å². The Hall–Kier alpha value is -1.65. The summed E-state index contributed by atoms with van der Waals surface area (Å²) in [5, 5.41) is 6.53. The van der Waals surface area contributed by atoms with Crippen molar-refractivity contribution < 1.29 is 9.53 Å². The molecule has 4 nitrogen and oxygen atoms in total. The molecule has 0 bridgehead atoms. The van der Waals surface area contributed by atoms with Gasteiger partial charge in [-0.05, 0) is 35.1 Å². The van der Waals surface area contributed by atoms with E-state index in [1.807, 2.05) is 0 Å². The fraction of sp³-hybridized carbons (Fsp3) is 0.471. The third-order valence-corrected chi connectivity index (χ3v) is 4.90. The van der Waals surface area contributed by atoms with Crippen LogP contribution in [0.1, 0.15) is 33.8 Å². The molecule has 3 aliphatic heterocycles. The van der Waals surface area contributed by atoms with E-state index in [1.54, 1.807) is 0 Å². The van der Waals surface area contributed by atoms with Crippen LogP contribution in [-0.4, -0.2) is 38.8 Å². The van der Waals surface area contributed by atoms with E-state index in [0.717, 1.165) is 43.8 Å². The van der Waals surface area contributed by atoms with Gasteiger partial charge in [0.25, 0.3) is 5.91 Å². The van der Waals surface area contributed by atoms with E-state index in [2.05, 4.69) is 34.9 Å². The highest BCUT2D eigenvalue weighted by Gasteiger charge is 2.34. The molecule has 4 heteroatoms. The Morgan fingerprint density at radius 3 is 3.00 bits per heavy atom.